The first-order valence-electron chi connectivity index (χ1n) is 9.91. The lowest BCUT2D eigenvalue weighted by molar-refractivity contribution is 0.0241. The van der Waals surface area contributed by atoms with Crippen LogP contribution in [0.1, 0.15) is 59.9 Å². The predicted molar refractivity (Wildman–Crippen MR) is 119 cm³/mol. The van der Waals surface area contributed by atoms with Gasteiger partial charge in [0.1, 0.15) is 0 Å². The van der Waals surface area contributed by atoms with Gasteiger partial charge in [-0.25, -0.2) is 0 Å². The van der Waals surface area contributed by atoms with Gasteiger partial charge in [0.25, 0.3) is 0 Å². The van der Waals surface area contributed by atoms with Crippen molar-refractivity contribution in [2.45, 2.75) is 78.6 Å². The molecule has 0 heterocycles. The zero-order chi connectivity index (χ0) is 20.7. The number of aliphatic hydroxyl groups excluding tert-OH is 1. The van der Waals surface area contributed by atoms with Crippen molar-refractivity contribution >= 4 is 8.32 Å². The molecule has 0 spiro atoms. The highest BCUT2D eigenvalue weighted by Crippen LogP contribution is 2.37. The molecule has 0 saturated heterocycles. The third kappa shape index (κ3) is 7.66. The second-order valence-electron chi connectivity index (χ2n) is 9.44. The van der Waals surface area contributed by atoms with Crippen molar-refractivity contribution in [1.82, 2.24) is 0 Å². The fourth-order valence-corrected chi connectivity index (χ4v) is 3.40. The van der Waals surface area contributed by atoms with Crippen molar-refractivity contribution in [3.8, 4) is 11.8 Å². The van der Waals surface area contributed by atoms with E-state index in [-0.39, 0.29) is 5.04 Å². The van der Waals surface area contributed by atoms with Crippen LogP contribution in [0.15, 0.2) is 42.0 Å². The molecule has 2 nitrogen and oxygen atoms in total. The van der Waals surface area contributed by atoms with Crippen LogP contribution in [0.25, 0.3) is 0 Å². The number of allylic oxidation sites excluding steroid dienone is 2. The summed E-state index contributed by atoms with van der Waals surface area (Å²) in [5.74, 6) is 6.62. The summed E-state index contributed by atoms with van der Waals surface area (Å²) in [6.07, 6.45) is 3.30. The van der Waals surface area contributed by atoms with E-state index >= 15 is 0 Å². The molecule has 0 radical (unpaired) electrons. The summed E-state index contributed by atoms with van der Waals surface area (Å²) < 4.78 is 6.29. The summed E-state index contributed by atoms with van der Waals surface area (Å²) >= 11 is 0. The summed E-state index contributed by atoms with van der Waals surface area (Å²) in [7, 11) is -1.90. The molecule has 0 aliphatic carbocycles. The maximum atomic E-state index is 11.0. The topological polar surface area (TPSA) is 29.5 Å². The van der Waals surface area contributed by atoms with E-state index in [2.05, 4.69) is 72.6 Å². The molecular formula is C24H38O2Si. The van der Waals surface area contributed by atoms with Crippen molar-refractivity contribution in [3.63, 3.8) is 0 Å². The first-order chi connectivity index (χ1) is 12.4. The number of rotatable bonds is 7. The van der Waals surface area contributed by atoms with Gasteiger partial charge in [0.15, 0.2) is 8.32 Å². The first kappa shape index (κ1) is 23.7. The van der Waals surface area contributed by atoms with E-state index in [1.807, 2.05) is 30.3 Å². The van der Waals surface area contributed by atoms with Gasteiger partial charge < -0.3 is 9.53 Å². The van der Waals surface area contributed by atoms with Crippen molar-refractivity contribution in [2.75, 3.05) is 6.61 Å². The Kier molecular flexibility index (Phi) is 8.54. The minimum absolute atomic E-state index is 0.126. The Hall–Kier alpha value is -1.34. The lowest BCUT2D eigenvalue weighted by Gasteiger charge is -2.38. The third-order valence-corrected chi connectivity index (χ3v) is 10.1. The van der Waals surface area contributed by atoms with Crippen LogP contribution in [0.3, 0.4) is 0 Å². The standard InChI is InChI=1S/C24H38O2Si/c1-20(2)13-12-17-24(6,18-16-21-14-10-9-11-15-21)22(25)19-26-27(7,8)23(3,4)5/h9-11,13-15,22,25H,12,17,19H2,1-8H3/t22-,24-/m0/s1. The lowest BCUT2D eigenvalue weighted by atomic mass is 9.80. The van der Waals surface area contributed by atoms with Crippen LogP contribution < -0.4 is 0 Å². The largest absolute Gasteiger partial charge is 0.414 e. The highest BCUT2D eigenvalue weighted by atomic mass is 28.4. The van der Waals surface area contributed by atoms with Crippen molar-refractivity contribution in [2.24, 2.45) is 5.41 Å². The van der Waals surface area contributed by atoms with Gasteiger partial charge in [-0.2, -0.15) is 0 Å². The van der Waals surface area contributed by atoms with E-state index in [1.54, 1.807) is 0 Å². The van der Waals surface area contributed by atoms with Crippen LogP contribution in [0.4, 0.5) is 0 Å². The van der Waals surface area contributed by atoms with Gasteiger partial charge in [-0.1, -0.05) is 62.5 Å². The van der Waals surface area contributed by atoms with E-state index < -0.39 is 19.8 Å². The second kappa shape index (κ2) is 9.73. The molecule has 0 saturated carbocycles. The van der Waals surface area contributed by atoms with E-state index in [1.165, 1.54) is 5.57 Å². The van der Waals surface area contributed by atoms with E-state index in [4.69, 9.17) is 4.43 Å². The Morgan fingerprint density at radius 1 is 1.15 bits per heavy atom. The Labute approximate surface area is 168 Å². The van der Waals surface area contributed by atoms with Crippen molar-refractivity contribution < 1.29 is 9.53 Å². The zero-order valence-electron chi connectivity index (χ0n) is 18.5. The molecule has 0 aromatic heterocycles. The van der Waals surface area contributed by atoms with Crippen LogP contribution in [0.2, 0.25) is 18.1 Å². The van der Waals surface area contributed by atoms with E-state index in [9.17, 15) is 5.11 Å². The fourth-order valence-electron chi connectivity index (χ4n) is 2.40. The van der Waals surface area contributed by atoms with Crippen LogP contribution in [-0.2, 0) is 4.43 Å². The maximum absolute atomic E-state index is 11.0. The summed E-state index contributed by atoms with van der Waals surface area (Å²) in [5, 5.41) is 11.1. The molecule has 150 valence electrons. The molecule has 0 unspecified atom stereocenters. The first-order valence-corrected chi connectivity index (χ1v) is 12.8. The smallest absolute Gasteiger partial charge is 0.192 e. The summed E-state index contributed by atoms with van der Waals surface area (Å²) in [5.41, 5.74) is 1.76. The molecule has 1 N–H and O–H groups in total. The van der Waals surface area contributed by atoms with Gasteiger partial charge in [0.05, 0.1) is 18.1 Å². The zero-order valence-corrected chi connectivity index (χ0v) is 19.5. The molecule has 2 atom stereocenters. The molecule has 0 bridgehead atoms. The lowest BCUT2D eigenvalue weighted by Crippen LogP contribution is -2.45. The quantitative estimate of drug-likeness (QED) is 0.345. The van der Waals surface area contributed by atoms with E-state index in [0.29, 0.717) is 6.61 Å². The van der Waals surface area contributed by atoms with Gasteiger partial charge in [0, 0.05) is 5.56 Å². The number of aliphatic hydroxyl groups is 1. The van der Waals surface area contributed by atoms with Gasteiger partial charge >= 0.3 is 0 Å². The maximum Gasteiger partial charge on any atom is 0.192 e. The molecule has 0 aliphatic rings. The molecule has 1 aromatic rings. The average molecular weight is 387 g/mol. The second-order valence-corrected chi connectivity index (χ2v) is 14.3. The van der Waals surface area contributed by atoms with Crippen LogP contribution in [0.5, 0.6) is 0 Å². The molecule has 1 aromatic carbocycles. The minimum atomic E-state index is -1.90. The van der Waals surface area contributed by atoms with Gasteiger partial charge in [-0.3, -0.25) is 0 Å². The third-order valence-electron chi connectivity index (χ3n) is 5.63. The summed E-state index contributed by atoms with van der Waals surface area (Å²) in [4.78, 5) is 0. The number of hydrogen-bond acceptors (Lipinski definition) is 2. The minimum Gasteiger partial charge on any atom is -0.414 e. The normalized spacial score (nSPS) is 15.3. The summed E-state index contributed by atoms with van der Waals surface area (Å²) in [6.45, 7) is 17.7. The highest BCUT2D eigenvalue weighted by Gasteiger charge is 2.39. The molecule has 0 fully saturated rings. The predicted octanol–water partition coefficient (Wildman–Crippen LogP) is 6.17. The highest BCUT2D eigenvalue weighted by molar-refractivity contribution is 6.74. The van der Waals surface area contributed by atoms with Crippen molar-refractivity contribution in [1.29, 1.82) is 0 Å². The van der Waals surface area contributed by atoms with Crippen LogP contribution in [0, 0.1) is 17.3 Å². The monoisotopic (exact) mass is 386 g/mol. The van der Waals surface area contributed by atoms with E-state index in [0.717, 1.165) is 18.4 Å². The van der Waals surface area contributed by atoms with Gasteiger partial charge in [-0.05, 0) is 63.9 Å². The van der Waals surface area contributed by atoms with Gasteiger partial charge in [-0.15, -0.1) is 0 Å². The molecule has 3 heteroatoms. The SMILES string of the molecule is CC(C)=CCC[C@@](C)(C#Cc1ccccc1)[C@@H](O)CO[Si](C)(C)C(C)(C)C. The Morgan fingerprint density at radius 2 is 1.74 bits per heavy atom. The summed E-state index contributed by atoms with van der Waals surface area (Å²) in [6, 6.07) is 9.97. The molecule has 0 aliphatic heterocycles. The average Bonchev–Trinajstić information content (AvgIpc) is 2.57. The molecule has 0 amide bonds. The Bertz CT molecular complexity index is 670. The number of hydrogen-bond donors (Lipinski definition) is 1. The molecule has 27 heavy (non-hydrogen) atoms. The molecule has 1 rings (SSSR count). The van der Waals surface area contributed by atoms with Gasteiger partial charge in [0.2, 0.25) is 0 Å². The molecular weight excluding hydrogens is 348 g/mol. The van der Waals surface area contributed by atoms with Crippen molar-refractivity contribution in [3.05, 3.63) is 47.5 Å². The Morgan fingerprint density at radius 3 is 2.26 bits per heavy atom. The van der Waals surface area contributed by atoms with Crippen LogP contribution in [-0.4, -0.2) is 26.1 Å². The van der Waals surface area contributed by atoms with Crippen LogP contribution >= 0.6 is 0 Å². The number of benzene rings is 1. The fraction of sp³-hybridized carbons (Fsp3) is 0.583. The Balaban J connectivity index is 2.99.